The second kappa shape index (κ2) is 7.35. The molecule has 3 aromatic rings. The highest BCUT2D eigenvalue weighted by Gasteiger charge is 2.16. The Morgan fingerprint density at radius 1 is 1.28 bits per heavy atom. The average molecular weight is 360 g/mol. The average Bonchev–Trinajstić information content (AvgIpc) is 3.05. The van der Waals surface area contributed by atoms with Crippen LogP contribution in [0.15, 0.2) is 45.8 Å². The quantitative estimate of drug-likeness (QED) is 0.651. The number of halogens is 1. The maximum atomic E-state index is 12.9. The molecule has 0 amide bonds. The molecule has 6 nitrogen and oxygen atoms in total. The van der Waals surface area contributed by atoms with Crippen molar-refractivity contribution in [3.05, 3.63) is 69.0 Å². The van der Waals surface area contributed by atoms with Crippen LogP contribution in [0.4, 0.5) is 4.39 Å². The highest BCUT2D eigenvalue weighted by atomic mass is 32.1. The Balaban J connectivity index is 1.81. The molecule has 2 heterocycles. The predicted octanol–water partition coefficient (Wildman–Crippen LogP) is 3.06. The first-order valence-corrected chi connectivity index (χ1v) is 8.25. The van der Waals surface area contributed by atoms with Gasteiger partial charge in [-0.2, -0.15) is 0 Å². The summed E-state index contributed by atoms with van der Waals surface area (Å²) in [6.07, 6.45) is 1.65. The van der Waals surface area contributed by atoms with Gasteiger partial charge in [0.2, 0.25) is 5.76 Å². The molecule has 0 saturated heterocycles. The lowest BCUT2D eigenvalue weighted by Gasteiger charge is -2.00. The maximum absolute atomic E-state index is 12.9. The predicted molar refractivity (Wildman–Crippen MR) is 89.0 cm³/mol. The number of benzene rings is 1. The van der Waals surface area contributed by atoms with Crippen LogP contribution in [0.5, 0.6) is 0 Å². The first-order valence-electron chi connectivity index (χ1n) is 7.44. The van der Waals surface area contributed by atoms with E-state index in [1.165, 1.54) is 29.7 Å². The molecule has 0 radical (unpaired) electrons. The molecule has 0 aliphatic carbocycles. The van der Waals surface area contributed by atoms with Gasteiger partial charge in [-0.3, -0.25) is 4.79 Å². The van der Waals surface area contributed by atoms with Crippen molar-refractivity contribution in [2.24, 2.45) is 0 Å². The molecule has 1 aromatic carbocycles. The molecule has 2 aromatic heterocycles. The third-order valence-electron chi connectivity index (χ3n) is 3.27. The van der Waals surface area contributed by atoms with Gasteiger partial charge in [0.1, 0.15) is 17.1 Å². The molecule has 0 fully saturated rings. The number of rotatable bonds is 5. The normalized spacial score (nSPS) is 10.6. The Labute approximate surface area is 145 Å². The lowest BCUT2D eigenvalue weighted by molar-refractivity contribution is 0.0487. The molecular weight excluding hydrogens is 347 g/mol. The van der Waals surface area contributed by atoms with Crippen molar-refractivity contribution in [1.29, 1.82) is 0 Å². The maximum Gasteiger partial charge on any atom is 0.374 e. The van der Waals surface area contributed by atoms with Crippen LogP contribution in [0.2, 0.25) is 0 Å². The van der Waals surface area contributed by atoms with E-state index >= 15 is 0 Å². The fraction of sp³-hybridized carbons (Fsp3) is 0.176. The van der Waals surface area contributed by atoms with Crippen molar-refractivity contribution in [3.63, 3.8) is 0 Å². The topological polar surface area (TPSA) is 82.3 Å². The molecule has 0 bridgehead atoms. The Morgan fingerprint density at radius 3 is 2.72 bits per heavy atom. The lowest BCUT2D eigenvalue weighted by atomic mass is 10.2. The summed E-state index contributed by atoms with van der Waals surface area (Å²) in [6, 6.07) is 7.16. The number of ether oxygens (including phenoxy) is 1. The summed E-state index contributed by atoms with van der Waals surface area (Å²) in [7, 11) is 0. The Morgan fingerprint density at radius 2 is 2.04 bits per heavy atom. The zero-order valence-corrected chi connectivity index (χ0v) is 14.0. The number of aromatic nitrogens is 2. The van der Waals surface area contributed by atoms with Crippen LogP contribution in [-0.4, -0.2) is 22.8 Å². The van der Waals surface area contributed by atoms with Crippen molar-refractivity contribution >= 4 is 17.3 Å². The van der Waals surface area contributed by atoms with Gasteiger partial charge in [-0.1, -0.05) is 23.5 Å². The first kappa shape index (κ1) is 17.0. The van der Waals surface area contributed by atoms with E-state index in [9.17, 15) is 14.0 Å². The van der Waals surface area contributed by atoms with Crippen LogP contribution in [-0.2, 0) is 11.2 Å². The Kier molecular flexibility index (Phi) is 4.99. The molecule has 0 spiro atoms. The molecule has 3 rings (SSSR count). The van der Waals surface area contributed by atoms with E-state index in [-0.39, 0.29) is 23.7 Å². The standard InChI is InChI=1S/C17H13FN2O4S/c1-2-23-17(22)14-8-13(21)12(9-24-14)16-20-19-15(25-16)7-10-3-5-11(18)6-4-10/h3-6,8-9H,2,7H2,1H3. The molecule has 0 unspecified atom stereocenters. The number of carbonyl (C=O) groups is 1. The van der Waals surface area contributed by atoms with Crippen molar-refractivity contribution < 1.29 is 18.3 Å². The van der Waals surface area contributed by atoms with Gasteiger partial charge in [0.25, 0.3) is 0 Å². The highest BCUT2D eigenvalue weighted by molar-refractivity contribution is 7.14. The fourth-order valence-corrected chi connectivity index (χ4v) is 2.97. The summed E-state index contributed by atoms with van der Waals surface area (Å²) in [6.45, 7) is 1.85. The third kappa shape index (κ3) is 3.97. The molecule has 0 aliphatic heterocycles. The number of nitrogens with zero attached hydrogens (tertiary/aromatic N) is 2. The van der Waals surface area contributed by atoms with Gasteiger partial charge in [-0.05, 0) is 24.6 Å². The highest BCUT2D eigenvalue weighted by Crippen LogP contribution is 2.23. The third-order valence-corrected chi connectivity index (χ3v) is 4.23. The van der Waals surface area contributed by atoms with Gasteiger partial charge in [-0.15, -0.1) is 10.2 Å². The van der Waals surface area contributed by atoms with E-state index in [0.29, 0.717) is 16.4 Å². The summed E-state index contributed by atoms with van der Waals surface area (Å²) in [5.74, 6) is -1.16. The van der Waals surface area contributed by atoms with Gasteiger partial charge in [0.05, 0.1) is 12.2 Å². The van der Waals surface area contributed by atoms with Crippen molar-refractivity contribution in [3.8, 4) is 10.6 Å². The zero-order chi connectivity index (χ0) is 17.8. The lowest BCUT2D eigenvalue weighted by Crippen LogP contribution is -2.10. The largest absolute Gasteiger partial charge is 0.460 e. The van der Waals surface area contributed by atoms with Crippen LogP contribution >= 0.6 is 11.3 Å². The van der Waals surface area contributed by atoms with Gasteiger partial charge in [0.15, 0.2) is 10.4 Å². The monoisotopic (exact) mass is 360 g/mol. The molecule has 0 aliphatic rings. The van der Waals surface area contributed by atoms with E-state index in [1.807, 2.05) is 0 Å². The molecule has 0 saturated carbocycles. The first-order chi connectivity index (χ1) is 12.1. The van der Waals surface area contributed by atoms with Crippen LogP contribution in [0, 0.1) is 5.82 Å². The zero-order valence-electron chi connectivity index (χ0n) is 13.2. The minimum absolute atomic E-state index is 0.161. The second-order valence-electron chi connectivity index (χ2n) is 5.05. The summed E-state index contributed by atoms with van der Waals surface area (Å²) in [5.41, 5.74) is 0.698. The van der Waals surface area contributed by atoms with E-state index in [2.05, 4.69) is 10.2 Å². The minimum Gasteiger partial charge on any atom is -0.460 e. The molecule has 8 heteroatoms. The van der Waals surface area contributed by atoms with Crippen molar-refractivity contribution in [2.45, 2.75) is 13.3 Å². The van der Waals surface area contributed by atoms with E-state index in [4.69, 9.17) is 9.15 Å². The van der Waals surface area contributed by atoms with Crippen LogP contribution in [0.3, 0.4) is 0 Å². The number of hydrogen-bond acceptors (Lipinski definition) is 7. The van der Waals surface area contributed by atoms with E-state index in [0.717, 1.165) is 11.6 Å². The van der Waals surface area contributed by atoms with Crippen LogP contribution < -0.4 is 5.43 Å². The van der Waals surface area contributed by atoms with Crippen molar-refractivity contribution in [2.75, 3.05) is 6.61 Å². The van der Waals surface area contributed by atoms with Crippen LogP contribution in [0.25, 0.3) is 10.6 Å². The smallest absolute Gasteiger partial charge is 0.374 e. The van der Waals surface area contributed by atoms with Gasteiger partial charge in [0, 0.05) is 12.5 Å². The Hall–Kier alpha value is -2.87. The minimum atomic E-state index is -0.694. The Bertz CT molecular complexity index is 950. The number of esters is 1. The molecule has 0 atom stereocenters. The number of hydrogen-bond donors (Lipinski definition) is 0. The van der Waals surface area contributed by atoms with Crippen LogP contribution in [0.1, 0.15) is 28.0 Å². The van der Waals surface area contributed by atoms with E-state index < -0.39 is 11.4 Å². The van der Waals surface area contributed by atoms with Gasteiger partial charge < -0.3 is 9.15 Å². The second-order valence-corrected chi connectivity index (χ2v) is 6.11. The number of carbonyl (C=O) groups excluding carboxylic acids is 1. The molecule has 128 valence electrons. The molecular formula is C17H13FN2O4S. The molecule has 25 heavy (non-hydrogen) atoms. The summed E-state index contributed by atoms with van der Waals surface area (Å²) < 4.78 is 22.9. The summed E-state index contributed by atoms with van der Waals surface area (Å²) >= 11 is 1.23. The summed E-state index contributed by atoms with van der Waals surface area (Å²) in [5, 5.41) is 9.10. The summed E-state index contributed by atoms with van der Waals surface area (Å²) in [4.78, 5) is 23.8. The van der Waals surface area contributed by atoms with Gasteiger partial charge in [-0.25, -0.2) is 9.18 Å². The van der Waals surface area contributed by atoms with E-state index in [1.54, 1.807) is 19.1 Å². The molecule has 0 N–H and O–H groups in total. The van der Waals surface area contributed by atoms with Gasteiger partial charge >= 0.3 is 5.97 Å². The fourth-order valence-electron chi connectivity index (χ4n) is 2.09. The SMILES string of the molecule is CCOC(=O)c1cc(=O)c(-c2nnc(Cc3ccc(F)cc3)s2)co1. The van der Waals surface area contributed by atoms with Crippen molar-refractivity contribution in [1.82, 2.24) is 10.2 Å².